The minimum absolute atomic E-state index is 0.00744. The smallest absolute Gasteiger partial charge is 0.409 e. The van der Waals surface area contributed by atoms with Gasteiger partial charge in [-0.15, -0.1) is 6.42 Å². The third-order valence-electron chi connectivity index (χ3n) is 16.7. The van der Waals surface area contributed by atoms with Crippen molar-refractivity contribution in [3.8, 4) is 29.6 Å². The number of ether oxygens (including phenoxy) is 2. The maximum Gasteiger partial charge on any atom is 0.409 e. The number of imide groups is 2. The summed E-state index contributed by atoms with van der Waals surface area (Å²) in [6.45, 7) is 6.23. The number of rotatable bonds is 18. The molecule has 19 heteroatoms. The fraction of sp³-hybridized carbons (Fsp3) is 0.483. The standard InChI is InChI=1S/C58H64F2N10O7/c1-4-40-45(59)19-14-35-12-11-13-42(48(35)40)50-49(60)51-44(28-62-50)52(68-30-37-15-16-38(31-68)63-37)66-56(65-51)77-33-58-23-22-39(69(58)29-34(2)27-58)32-76-57(75)67(3)25-10-8-6-5-7-9-24-61-36-17-18-41-43(26-36)55(74)70(54(41)73)46-20-21-47(71)64-53(46)72/h1,11-14,17-19,26,28,34,37-39,46,61,63H,5-10,15-16,20-25,27,29-33H2,2-3H3,(H,64,71,72)/t34?,37?,38?,39-,46?,58-/m0/s1. The van der Waals surface area contributed by atoms with E-state index in [4.69, 9.17) is 25.9 Å². The fourth-order valence-electron chi connectivity index (χ4n) is 12.9. The molecule has 77 heavy (non-hydrogen) atoms. The number of amides is 5. The number of hydrogen-bond acceptors (Lipinski definition) is 14. The molecule has 6 aliphatic rings. The first-order valence-corrected chi connectivity index (χ1v) is 27.2. The second-order valence-electron chi connectivity index (χ2n) is 21.9. The summed E-state index contributed by atoms with van der Waals surface area (Å²) in [7, 11) is 1.77. The lowest BCUT2D eigenvalue weighted by atomic mass is 9.91. The number of carbonyl (C=O) groups excluding carboxylic acids is 5. The molecule has 2 bridgehead atoms. The number of halogens is 2. The molecule has 6 atom stereocenters. The number of terminal acetylenes is 1. The highest BCUT2D eigenvalue weighted by atomic mass is 19.1. The molecule has 2 aromatic heterocycles. The van der Waals surface area contributed by atoms with E-state index in [9.17, 15) is 24.0 Å². The quantitative estimate of drug-likeness (QED) is 0.0442. The van der Waals surface area contributed by atoms with Gasteiger partial charge in [-0.05, 0) is 86.9 Å². The van der Waals surface area contributed by atoms with Crippen molar-refractivity contribution in [2.75, 3.05) is 63.2 Å². The number of unbranched alkanes of at least 4 members (excludes halogenated alkanes) is 5. The van der Waals surface area contributed by atoms with Gasteiger partial charge in [0.15, 0.2) is 5.82 Å². The Bertz CT molecular complexity index is 3210. The zero-order valence-electron chi connectivity index (χ0n) is 43.5. The fourth-order valence-corrected chi connectivity index (χ4v) is 12.9. The lowest BCUT2D eigenvalue weighted by Crippen LogP contribution is -2.54. The highest BCUT2D eigenvalue weighted by molar-refractivity contribution is 6.23. The lowest BCUT2D eigenvalue weighted by molar-refractivity contribution is -0.136. The Morgan fingerprint density at radius 1 is 0.922 bits per heavy atom. The Hall–Kier alpha value is -7.30. The molecule has 0 aliphatic carbocycles. The third kappa shape index (κ3) is 10.1. The van der Waals surface area contributed by atoms with Crippen LogP contribution in [0.5, 0.6) is 6.01 Å². The van der Waals surface area contributed by atoms with E-state index >= 15 is 8.78 Å². The van der Waals surface area contributed by atoms with Crippen LogP contribution in [0.4, 0.5) is 25.1 Å². The Morgan fingerprint density at radius 2 is 1.70 bits per heavy atom. The number of fused-ring (bicyclic) bond motifs is 6. The van der Waals surface area contributed by atoms with E-state index in [1.165, 1.54) is 6.07 Å². The van der Waals surface area contributed by atoms with Gasteiger partial charge in [0, 0.05) is 87.2 Å². The molecule has 0 saturated carbocycles. The summed E-state index contributed by atoms with van der Waals surface area (Å²) in [6.07, 6.45) is 17.6. The van der Waals surface area contributed by atoms with Crippen LogP contribution in [0.1, 0.15) is 117 Å². The van der Waals surface area contributed by atoms with Gasteiger partial charge in [-0.3, -0.25) is 39.3 Å². The van der Waals surface area contributed by atoms with Crippen molar-refractivity contribution in [3.63, 3.8) is 0 Å². The molecule has 402 valence electrons. The summed E-state index contributed by atoms with van der Waals surface area (Å²) in [5, 5.41) is 10.8. The van der Waals surface area contributed by atoms with Gasteiger partial charge in [0.25, 0.3) is 11.8 Å². The van der Waals surface area contributed by atoms with E-state index in [2.05, 4.69) is 43.6 Å². The van der Waals surface area contributed by atoms with E-state index in [1.807, 2.05) is 6.07 Å². The van der Waals surface area contributed by atoms with E-state index in [1.54, 1.807) is 54.5 Å². The van der Waals surface area contributed by atoms with Gasteiger partial charge in [0.1, 0.15) is 42.1 Å². The summed E-state index contributed by atoms with van der Waals surface area (Å²) < 4.78 is 44.8. The van der Waals surface area contributed by atoms with Gasteiger partial charge in [-0.2, -0.15) is 9.97 Å². The molecule has 4 unspecified atom stereocenters. The van der Waals surface area contributed by atoms with E-state index in [-0.39, 0.29) is 89.7 Å². The van der Waals surface area contributed by atoms with Crippen LogP contribution in [-0.2, 0) is 14.3 Å². The van der Waals surface area contributed by atoms with Crippen molar-refractivity contribution in [1.82, 2.24) is 40.3 Å². The first-order valence-electron chi connectivity index (χ1n) is 27.2. The minimum atomic E-state index is -0.998. The van der Waals surface area contributed by atoms with Crippen molar-refractivity contribution in [1.29, 1.82) is 0 Å². The molecule has 5 saturated heterocycles. The summed E-state index contributed by atoms with van der Waals surface area (Å²) in [5.74, 6) is 0.0583. The molecule has 5 fully saturated rings. The average molecular weight is 1050 g/mol. The number of nitrogens with zero attached hydrogens (tertiary/aromatic N) is 7. The van der Waals surface area contributed by atoms with Crippen LogP contribution in [0.15, 0.2) is 54.7 Å². The third-order valence-corrected chi connectivity index (χ3v) is 16.7. The second kappa shape index (κ2) is 21.6. The molecule has 3 N–H and O–H groups in total. The van der Waals surface area contributed by atoms with Gasteiger partial charge in [-0.1, -0.05) is 62.8 Å². The predicted octanol–water partition coefficient (Wildman–Crippen LogP) is 7.59. The zero-order valence-corrected chi connectivity index (χ0v) is 43.5. The lowest BCUT2D eigenvalue weighted by Gasteiger charge is -2.35. The molecule has 6 aliphatic heterocycles. The maximum atomic E-state index is 17.2. The molecular weight excluding hydrogens is 987 g/mol. The topological polar surface area (TPSA) is 192 Å². The van der Waals surface area contributed by atoms with Crippen molar-refractivity contribution >= 4 is 62.9 Å². The monoisotopic (exact) mass is 1050 g/mol. The summed E-state index contributed by atoms with van der Waals surface area (Å²) in [4.78, 5) is 85.1. The number of nitrogens with one attached hydrogen (secondary N) is 3. The Balaban J connectivity index is 0.662. The summed E-state index contributed by atoms with van der Waals surface area (Å²) >= 11 is 0. The number of aromatic nitrogens is 3. The first kappa shape index (κ1) is 51.8. The number of benzene rings is 3. The number of pyridine rings is 1. The Kier molecular flexibility index (Phi) is 14.5. The Morgan fingerprint density at radius 3 is 2.49 bits per heavy atom. The van der Waals surface area contributed by atoms with Crippen LogP contribution in [0.25, 0.3) is 32.9 Å². The van der Waals surface area contributed by atoms with Crippen LogP contribution < -0.4 is 25.6 Å². The molecule has 5 aromatic rings. The van der Waals surface area contributed by atoms with Crippen LogP contribution in [0, 0.1) is 29.9 Å². The SMILES string of the molecule is C#Cc1c(F)ccc2cccc(-c3ncc4c(N5CC6CCC(C5)N6)nc(OC[C@@]56CC[C@@H](COC(=O)N(C)CCCCCCCCNc7ccc8c(c7)C(=O)N(C7CCC(=O)NC7=O)C8=O)N5CC(C)C6)nc4c3F)c12. The van der Waals surface area contributed by atoms with Gasteiger partial charge < -0.3 is 29.9 Å². The number of piperidine rings is 1. The van der Waals surface area contributed by atoms with Crippen molar-refractivity contribution in [3.05, 3.63) is 83.1 Å². The average Bonchev–Trinajstić information content (AvgIpc) is 4.21. The van der Waals surface area contributed by atoms with E-state index in [0.717, 1.165) is 82.1 Å². The van der Waals surface area contributed by atoms with E-state index < -0.39 is 41.3 Å². The molecule has 17 nitrogen and oxygen atoms in total. The predicted molar refractivity (Wildman–Crippen MR) is 285 cm³/mol. The maximum absolute atomic E-state index is 17.2. The van der Waals surface area contributed by atoms with Gasteiger partial charge in [0.2, 0.25) is 11.8 Å². The molecule has 0 spiro atoms. The van der Waals surface area contributed by atoms with Crippen molar-refractivity contribution in [2.24, 2.45) is 5.92 Å². The van der Waals surface area contributed by atoms with Crippen molar-refractivity contribution in [2.45, 2.75) is 120 Å². The van der Waals surface area contributed by atoms with Crippen LogP contribution in [0.3, 0.4) is 0 Å². The van der Waals surface area contributed by atoms with Crippen LogP contribution in [-0.4, -0.2) is 142 Å². The molecule has 5 amide bonds. The molecule has 3 aromatic carbocycles. The molecular formula is C58H64F2N10O7. The summed E-state index contributed by atoms with van der Waals surface area (Å²) in [5.41, 5.74) is 1.34. The van der Waals surface area contributed by atoms with Crippen LogP contribution in [0.2, 0.25) is 0 Å². The second-order valence-corrected chi connectivity index (χ2v) is 21.9. The van der Waals surface area contributed by atoms with Gasteiger partial charge >= 0.3 is 12.1 Å². The largest absolute Gasteiger partial charge is 0.461 e. The highest BCUT2D eigenvalue weighted by Gasteiger charge is 2.53. The van der Waals surface area contributed by atoms with Gasteiger partial charge in [-0.25, -0.2) is 13.6 Å². The number of carbonyl (C=O) groups is 5. The molecule has 8 heterocycles. The highest BCUT2D eigenvalue weighted by Crippen LogP contribution is 2.46. The zero-order chi connectivity index (χ0) is 53.5. The first-order chi connectivity index (χ1) is 37.3. The van der Waals surface area contributed by atoms with E-state index in [0.29, 0.717) is 65.3 Å². The van der Waals surface area contributed by atoms with Crippen LogP contribution >= 0.6 is 0 Å². The number of hydrogen-bond donors (Lipinski definition) is 3. The molecule has 11 rings (SSSR count). The summed E-state index contributed by atoms with van der Waals surface area (Å²) in [6, 6.07) is 12.9. The minimum Gasteiger partial charge on any atom is -0.461 e. The normalized spacial score (nSPS) is 23.9. The number of piperazine rings is 1. The number of anilines is 2. The molecule has 0 radical (unpaired) electrons. The van der Waals surface area contributed by atoms with Crippen molar-refractivity contribution < 1.29 is 42.2 Å². The Labute approximate surface area is 445 Å². The van der Waals surface area contributed by atoms with Gasteiger partial charge in [0.05, 0.1) is 27.6 Å².